The van der Waals surface area contributed by atoms with Gasteiger partial charge in [0.25, 0.3) is 0 Å². The molecule has 2 heterocycles. The summed E-state index contributed by atoms with van der Waals surface area (Å²) in [6.45, 7) is 4.30. The van der Waals surface area contributed by atoms with Gasteiger partial charge in [0.15, 0.2) is 5.82 Å². The molecule has 2 rings (SSSR count). The normalized spacial score (nSPS) is 10.3. The van der Waals surface area contributed by atoms with E-state index in [4.69, 9.17) is 0 Å². The maximum absolute atomic E-state index is 11.5. The Hall–Kier alpha value is -2.50. The molecule has 2 N–H and O–H groups in total. The SMILES string of the molecule is CC(C)C(=O)Nc1ccc(NCc2ccncc2)nn1. The molecule has 0 aliphatic heterocycles. The molecule has 0 aromatic carbocycles. The first kappa shape index (κ1) is 13.9. The zero-order chi connectivity index (χ0) is 14.4. The Morgan fingerprint density at radius 1 is 1.10 bits per heavy atom. The summed E-state index contributed by atoms with van der Waals surface area (Å²) in [5.41, 5.74) is 1.11. The Morgan fingerprint density at radius 3 is 2.35 bits per heavy atom. The van der Waals surface area contributed by atoms with Gasteiger partial charge in [0.2, 0.25) is 5.91 Å². The smallest absolute Gasteiger partial charge is 0.228 e. The Balaban J connectivity index is 1.90. The van der Waals surface area contributed by atoms with Crippen molar-refractivity contribution in [1.82, 2.24) is 15.2 Å². The maximum atomic E-state index is 11.5. The van der Waals surface area contributed by atoms with Crippen molar-refractivity contribution in [2.24, 2.45) is 5.92 Å². The van der Waals surface area contributed by atoms with E-state index < -0.39 is 0 Å². The fourth-order valence-corrected chi connectivity index (χ4v) is 1.46. The molecular formula is C14H17N5O. The molecule has 0 spiro atoms. The third kappa shape index (κ3) is 4.01. The van der Waals surface area contributed by atoms with Crippen LogP contribution in [0.15, 0.2) is 36.7 Å². The lowest BCUT2D eigenvalue weighted by atomic mass is 10.2. The Labute approximate surface area is 117 Å². The average molecular weight is 271 g/mol. The van der Waals surface area contributed by atoms with Crippen molar-refractivity contribution >= 4 is 17.5 Å². The van der Waals surface area contributed by atoms with E-state index in [0.29, 0.717) is 18.2 Å². The maximum Gasteiger partial charge on any atom is 0.228 e. The van der Waals surface area contributed by atoms with Crippen LogP contribution in [0.3, 0.4) is 0 Å². The molecule has 0 saturated heterocycles. The number of hydrogen-bond donors (Lipinski definition) is 2. The Morgan fingerprint density at radius 2 is 1.75 bits per heavy atom. The molecule has 0 unspecified atom stereocenters. The van der Waals surface area contributed by atoms with Gasteiger partial charge in [0.05, 0.1) is 0 Å². The standard InChI is InChI=1S/C14H17N5O/c1-10(2)14(20)17-13-4-3-12(18-19-13)16-9-11-5-7-15-8-6-11/h3-8,10H,9H2,1-2H3,(H,16,18)(H,17,19,20). The number of amides is 1. The van der Waals surface area contributed by atoms with Crippen molar-refractivity contribution in [1.29, 1.82) is 0 Å². The number of aromatic nitrogens is 3. The minimum Gasteiger partial charge on any atom is -0.365 e. The van der Waals surface area contributed by atoms with Crippen LogP contribution in [0.2, 0.25) is 0 Å². The third-order valence-corrected chi connectivity index (χ3v) is 2.66. The van der Waals surface area contributed by atoms with Gasteiger partial charge in [-0.1, -0.05) is 13.8 Å². The fraction of sp³-hybridized carbons (Fsp3) is 0.286. The van der Waals surface area contributed by atoms with Crippen molar-refractivity contribution in [3.05, 3.63) is 42.2 Å². The quantitative estimate of drug-likeness (QED) is 0.870. The summed E-state index contributed by atoms with van der Waals surface area (Å²) in [6.07, 6.45) is 3.49. The summed E-state index contributed by atoms with van der Waals surface area (Å²) in [5.74, 6) is 0.959. The average Bonchev–Trinajstić information content (AvgIpc) is 2.47. The van der Waals surface area contributed by atoms with Crippen molar-refractivity contribution in [2.75, 3.05) is 10.6 Å². The summed E-state index contributed by atoms with van der Waals surface area (Å²) in [7, 11) is 0. The van der Waals surface area contributed by atoms with E-state index >= 15 is 0 Å². The molecule has 6 heteroatoms. The van der Waals surface area contributed by atoms with Crippen LogP contribution in [0, 0.1) is 5.92 Å². The number of carbonyl (C=O) groups excluding carboxylic acids is 1. The lowest BCUT2D eigenvalue weighted by Crippen LogP contribution is -2.18. The highest BCUT2D eigenvalue weighted by atomic mass is 16.1. The molecule has 6 nitrogen and oxygen atoms in total. The van der Waals surface area contributed by atoms with Crippen LogP contribution in [0.1, 0.15) is 19.4 Å². The Kier molecular flexibility index (Phi) is 4.60. The zero-order valence-electron chi connectivity index (χ0n) is 11.5. The fourth-order valence-electron chi connectivity index (χ4n) is 1.46. The van der Waals surface area contributed by atoms with Gasteiger partial charge in [-0.25, -0.2) is 0 Å². The molecule has 0 aliphatic carbocycles. The van der Waals surface area contributed by atoms with E-state index in [-0.39, 0.29) is 11.8 Å². The Bertz CT molecular complexity index is 554. The molecule has 0 fully saturated rings. The number of nitrogens with zero attached hydrogens (tertiary/aromatic N) is 3. The molecule has 0 atom stereocenters. The van der Waals surface area contributed by atoms with E-state index in [1.54, 1.807) is 24.5 Å². The van der Waals surface area contributed by atoms with Crippen LogP contribution in [-0.2, 0) is 11.3 Å². The molecule has 1 amide bonds. The summed E-state index contributed by atoms with van der Waals surface area (Å²) < 4.78 is 0. The molecule has 0 bridgehead atoms. The van der Waals surface area contributed by atoms with Crippen LogP contribution in [0.5, 0.6) is 0 Å². The molecule has 0 saturated carbocycles. The number of anilines is 2. The second-order valence-corrected chi connectivity index (χ2v) is 4.66. The largest absolute Gasteiger partial charge is 0.365 e. The van der Waals surface area contributed by atoms with Gasteiger partial charge >= 0.3 is 0 Å². The second kappa shape index (κ2) is 6.60. The summed E-state index contributed by atoms with van der Waals surface area (Å²) in [5, 5.41) is 13.8. The summed E-state index contributed by atoms with van der Waals surface area (Å²) in [6, 6.07) is 7.36. The predicted molar refractivity (Wildman–Crippen MR) is 77.1 cm³/mol. The highest BCUT2D eigenvalue weighted by Crippen LogP contribution is 2.09. The zero-order valence-corrected chi connectivity index (χ0v) is 11.5. The van der Waals surface area contributed by atoms with Gasteiger partial charge in [-0.2, -0.15) is 0 Å². The number of pyridine rings is 1. The van der Waals surface area contributed by atoms with Crippen LogP contribution in [0.4, 0.5) is 11.6 Å². The van der Waals surface area contributed by atoms with Gasteiger partial charge in [-0.3, -0.25) is 9.78 Å². The number of nitrogens with one attached hydrogen (secondary N) is 2. The molecular weight excluding hydrogens is 254 g/mol. The van der Waals surface area contributed by atoms with Gasteiger partial charge < -0.3 is 10.6 Å². The topological polar surface area (TPSA) is 79.8 Å². The lowest BCUT2D eigenvalue weighted by Gasteiger charge is -2.08. The van der Waals surface area contributed by atoms with E-state index in [1.165, 1.54) is 0 Å². The van der Waals surface area contributed by atoms with E-state index in [0.717, 1.165) is 5.56 Å². The molecule has 104 valence electrons. The first-order valence-electron chi connectivity index (χ1n) is 6.42. The van der Waals surface area contributed by atoms with Crippen molar-refractivity contribution in [3.8, 4) is 0 Å². The van der Waals surface area contributed by atoms with Crippen LogP contribution < -0.4 is 10.6 Å². The van der Waals surface area contributed by atoms with Crippen molar-refractivity contribution in [2.45, 2.75) is 20.4 Å². The number of carbonyl (C=O) groups is 1. The van der Waals surface area contributed by atoms with E-state index in [1.807, 2.05) is 26.0 Å². The summed E-state index contributed by atoms with van der Waals surface area (Å²) in [4.78, 5) is 15.5. The first-order chi connectivity index (χ1) is 9.65. The molecule has 20 heavy (non-hydrogen) atoms. The highest BCUT2D eigenvalue weighted by Gasteiger charge is 2.07. The lowest BCUT2D eigenvalue weighted by molar-refractivity contribution is -0.118. The molecule has 2 aromatic heterocycles. The third-order valence-electron chi connectivity index (χ3n) is 2.66. The minimum absolute atomic E-state index is 0.0724. The first-order valence-corrected chi connectivity index (χ1v) is 6.42. The van der Waals surface area contributed by atoms with Gasteiger partial charge in [0, 0.05) is 24.9 Å². The monoisotopic (exact) mass is 271 g/mol. The van der Waals surface area contributed by atoms with Crippen LogP contribution >= 0.6 is 0 Å². The summed E-state index contributed by atoms with van der Waals surface area (Å²) >= 11 is 0. The highest BCUT2D eigenvalue weighted by molar-refractivity contribution is 5.91. The van der Waals surface area contributed by atoms with Crippen LogP contribution in [-0.4, -0.2) is 21.1 Å². The molecule has 0 aliphatic rings. The van der Waals surface area contributed by atoms with Gasteiger partial charge in [-0.05, 0) is 29.8 Å². The van der Waals surface area contributed by atoms with Gasteiger partial charge in [0.1, 0.15) is 5.82 Å². The number of hydrogen-bond acceptors (Lipinski definition) is 5. The minimum atomic E-state index is -0.0821. The van der Waals surface area contributed by atoms with E-state index in [2.05, 4.69) is 25.8 Å². The second-order valence-electron chi connectivity index (χ2n) is 4.66. The van der Waals surface area contributed by atoms with Gasteiger partial charge in [-0.15, -0.1) is 10.2 Å². The van der Waals surface area contributed by atoms with E-state index in [9.17, 15) is 4.79 Å². The number of rotatable bonds is 5. The molecule has 2 aromatic rings. The van der Waals surface area contributed by atoms with Crippen LogP contribution in [0.25, 0.3) is 0 Å². The predicted octanol–water partition coefficient (Wildman–Crippen LogP) is 2.08. The molecule has 0 radical (unpaired) electrons. The van der Waals surface area contributed by atoms with Crippen molar-refractivity contribution < 1.29 is 4.79 Å². The van der Waals surface area contributed by atoms with Crippen molar-refractivity contribution in [3.63, 3.8) is 0 Å².